The van der Waals surface area contributed by atoms with Gasteiger partial charge < -0.3 is 20.1 Å². The van der Waals surface area contributed by atoms with Crippen LogP contribution in [-0.2, 0) is 0 Å². The van der Waals surface area contributed by atoms with E-state index in [1.165, 1.54) is 18.3 Å². The summed E-state index contributed by atoms with van der Waals surface area (Å²) in [6.45, 7) is 2.69. The molecule has 2 N–H and O–H groups in total. The van der Waals surface area contributed by atoms with Crippen LogP contribution in [0.25, 0.3) is 11.1 Å². The highest BCUT2D eigenvalue weighted by Crippen LogP contribution is 2.31. The molecule has 0 unspecified atom stereocenters. The minimum Gasteiger partial charge on any atom is -0.406 e. The number of amides is 1. The highest BCUT2D eigenvalue weighted by Gasteiger charge is 2.31. The number of aliphatic hydroxyl groups excluding tert-OH is 1. The molecule has 1 amide bonds. The van der Waals surface area contributed by atoms with E-state index < -0.39 is 18.0 Å². The Morgan fingerprint density at radius 1 is 1.21 bits per heavy atom. The van der Waals surface area contributed by atoms with Crippen molar-refractivity contribution >= 4 is 17.4 Å². The Morgan fingerprint density at radius 2 is 1.94 bits per heavy atom. The molecular weight excluding hydrogens is 449 g/mol. The summed E-state index contributed by atoms with van der Waals surface area (Å²) in [6, 6.07) is 15.3. The molecule has 2 aromatic carbocycles. The van der Waals surface area contributed by atoms with E-state index in [1.807, 2.05) is 11.8 Å². The minimum absolute atomic E-state index is 0.0938. The van der Waals surface area contributed by atoms with Crippen molar-refractivity contribution in [2.75, 3.05) is 29.9 Å². The Kier molecular flexibility index (Phi) is 7.71. The number of alkyl halides is 3. The first-order valence-corrected chi connectivity index (χ1v) is 10.3. The normalized spacial score (nSPS) is 10.9. The maximum absolute atomic E-state index is 12.8. The van der Waals surface area contributed by atoms with Crippen molar-refractivity contribution in [1.82, 2.24) is 4.98 Å². The number of nitrogens with zero attached hydrogens (tertiary/aromatic N) is 3. The smallest absolute Gasteiger partial charge is 0.406 e. The summed E-state index contributed by atoms with van der Waals surface area (Å²) in [7, 11) is 0. The van der Waals surface area contributed by atoms with Gasteiger partial charge in [0.25, 0.3) is 5.91 Å². The number of likely N-dealkylation sites (N-methyl/N-ethyl adjacent to an activating group) is 1. The van der Waals surface area contributed by atoms with Gasteiger partial charge in [-0.15, -0.1) is 13.2 Å². The number of nitrogens with one attached hydrogen (secondary N) is 1. The molecule has 0 aliphatic heterocycles. The fourth-order valence-corrected chi connectivity index (χ4v) is 3.28. The molecule has 3 aromatic rings. The van der Waals surface area contributed by atoms with Crippen LogP contribution in [0, 0.1) is 11.3 Å². The molecule has 0 spiro atoms. The number of halogens is 3. The summed E-state index contributed by atoms with van der Waals surface area (Å²) in [5.41, 5.74) is 2.17. The Bertz CT molecular complexity index is 1190. The third kappa shape index (κ3) is 6.24. The first-order chi connectivity index (χ1) is 16.2. The number of anilines is 2. The number of hydrogen-bond donors (Lipinski definition) is 2. The summed E-state index contributed by atoms with van der Waals surface area (Å²) in [6.07, 6.45) is -3.43. The number of ether oxygens (including phenoxy) is 1. The van der Waals surface area contributed by atoms with E-state index in [9.17, 15) is 28.3 Å². The number of carbonyl (C=O) groups excluding carboxylic acids is 1. The Labute approximate surface area is 194 Å². The van der Waals surface area contributed by atoms with Gasteiger partial charge in [0.05, 0.1) is 23.8 Å². The van der Waals surface area contributed by atoms with Gasteiger partial charge in [-0.05, 0) is 55.0 Å². The molecule has 0 saturated heterocycles. The molecule has 0 bridgehead atoms. The minimum atomic E-state index is -4.81. The monoisotopic (exact) mass is 470 g/mol. The van der Waals surface area contributed by atoms with Crippen LogP contribution in [0.3, 0.4) is 0 Å². The average Bonchev–Trinajstić information content (AvgIpc) is 2.82. The number of benzene rings is 2. The predicted octanol–water partition coefficient (Wildman–Crippen LogP) is 4.59. The predicted molar refractivity (Wildman–Crippen MR) is 120 cm³/mol. The number of pyridine rings is 1. The van der Waals surface area contributed by atoms with E-state index in [0.717, 1.165) is 12.1 Å². The Balaban J connectivity index is 1.92. The van der Waals surface area contributed by atoms with Crippen LogP contribution >= 0.6 is 0 Å². The van der Waals surface area contributed by atoms with E-state index in [-0.39, 0.29) is 17.9 Å². The van der Waals surface area contributed by atoms with Crippen LogP contribution in [0.15, 0.2) is 60.8 Å². The number of carbonyl (C=O) groups is 1. The standard InChI is InChI=1S/C24H21F3N4O3/c1-2-31(10-11-32)22-21(17-5-3-4-16(12-17)14-28)13-18(15-29-22)23(33)30-19-6-8-20(9-7-19)34-24(25,26)27/h3-9,12-13,15,32H,2,10-11H2,1H3,(H,30,33). The largest absolute Gasteiger partial charge is 0.573 e. The van der Waals surface area contributed by atoms with Crippen molar-refractivity contribution in [3.05, 3.63) is 71.9 Å². The molecule has 7 nitrogen and oxygen atoms in total. The van der Waals surface area contributed by atoms with Crippen LogP contribution in [0.5, 0.6) is 5.75 Å². The summed E-state index contributed by atoms with van der Waals surface area (Å²) in [4.78, 5) is 19.1. The lowest BCUT2D eigenvalue weighted by Crippen LogP contribution is -2.28. The average molecular weight is 470 g/mol. The van der Waals surface area contributed by atoms with Gasteiger partial charge in [-0.2, -0.15) is 5.26 Å². The Hall–Kier alpha value is -4.10. The number of rotatable bonds is 8. The van der Waals surface area contributed by atoms with E-state index in [4.69, 9.17) is 0 Å². The first-order valence-electron chi connectivity index (χ1n) is 10.3. The molecule has 0 aliphatic carbocycles. The van der Waals surface area contributed by atoms with Crippen molar-refractivity contribution in [2.45, 2.75) is 13.3 Å². The lowest BCUT2D eigenvalue weighted by Gasteiger charge is -2.24. The van der Waals surface area contributed by atoms with Gasteiger partial charge in [-0.25, -0.2) is 4.98 Å². The molecule has 176 valence electrons. The third-order valence-electron chi connectivity index (χ3n) is 4.83. The maximum atomic E-state index is 12.8. The topological polar surface area (TPSA) is 98.5 Å². The van der Waals surface area contributed by atoms with Crippen molar-refractivity contribution in [1.29, 1.82) is 5.26 Å². The van der Waals surface area contributed by atoms with Crippen LogP contribution in [0.1, 0.15) is 22.8 Å². The zero-order valence-corrected chi connectivity index (χ0v) is 18.1. The zero-order valence-electron chi connectivity index (χ0n) is 18.1. The van der Waals surface area contributed by atoms with Crippen molar-refractivity contribution < 1.29 is 27.8 Å². The third-order valence-corrected chi connectivity index (χ3v) is 4.83. The number of hydrogen-bond acceptors (Lipinski definition) is 6. The van der Waals surface area contributed by atoms with E-state index in [0.29, 0.717) is 35.6 Å². The molecule has 0 aliphatic rings. The van der Waals surface area contributed by atoms with Crippen LogP contribution in [-0.4, -0.2) is 42.1 Å². The zero-order chi connectivity index (χ0) is 24.7. The first kappa shape index (κ1) is 24.5. The lowest BCUT2D eigenvalue weighted by molar-refractivity contribution is -0.274. The molecule has 0 radical (unpaired) electrons. The quantitative estimate of drug-likeness (QED) is 0.500. The van der Waals surface area contributed by atoms with Gasteiger partial charge in [0.15, 0.2) is 0 Å². The molecule has 34 heavy (non-hydrogen) atoms. The summed E-state index contributed by atoms with van der Waals surface area (Å²) in [5, 5.41) is 21.3. The van der Waals surface area contributed by atoms with Crippen molar-refractivity contribution in [3.8, 4) is 22.9 Å². The summed E-state index contributed by atoms with van der Waals surface area (Å²) < 4.78 is 40.8. The van der Waals surface area contributed by atoms with Gasteiger partial charge in [0, 0.05) is 30.5 Å². The SMILES string of the molecule is CCN(CCO)c1ncc(C(=O)Nc2ccc(OC(F)(F)F)cc2)cc1-c1cccc(C#N)c1. The van der Waals surface area contributed by atoms with Crippen molar-refractivity contribution in [3.63, 3.8) is 0 Å². The molecular formula is C24H21F3N4O3. The molecule has 0 fully saturated rings. The van der Waals surface area contributed by atoms with Gasteiger partial charge in [-0.1, -0.05) is 12.1 Å². The molecule has 3 rings (SSSR count). The highest BCUT2D eigenvalue weighted by molar-refractivity contribution is 6.05. The van der Waals surface area contributed by atoms with Crippen LogP contribution in [0.4, 0.5) is 24.7 Å². The second-order valence-electron chi connectivity index (χ2n) is 7.12. The summed E-state index contributed by atoms with van der Waals surface area (Å²) in [5.74, 6) is -0.386. The highest BCUT2D eigenvalue weighted by atomic mass is 19.4. The molecule has 1 aromatic heterocycles. The molecule has 10 heteroatoms. The van der Waals surface area contributed by atoms with Crippen LogP contribution in [0.2, 0.25) is 0 Å². The number of aromatic nitrogens is 1. The fourth-order valence-electron chi connectivity index (χ4n) is 3.28. The van der Waals surface area contributed by atoms with Gasteiger partial charge in [0.2, 0.25) is 0 Å². The van der Waals surface area contributed by atoms with E-state index in [2.05, 4.69) is 21.1 Å². The lowest BCUT2D eigenvalue weighted by atomic mass is 10.0. The van der Waals surface area contributed by atoms with Gasteiger partial charge in [0.1, 0.15) is 11.6 Å². The van der Waals surface area contributed by atoms with E-state index >= 15 is 0 Å². The number of nitriles is 1. The van der Waals surface area contributed by atoms with Crippen molar-refractivity contribution in [2.24, 2.45) is 0 Å². The van der Waals surface area contributed by atoms with Crippen LogP contribution < -0.4 is 15.0 Å². The second kappa shape index (κ2) is 10.7. The van der Waals surface area contributed by atoms with Gasteiger partial charge in [-0.3, -0.25) is 4.79 Å². The van der Waals surface area contributed by atoms with Gasteiger partial charge >= 0.3 is 6.36 Å². The molecule has 0 atom stereocenters. The fraction of sp³-hybridized carbons (Fsp3) is 0.208. The second-order valence-corrected chi connectivity index (χ2v) is 7.12. The van der Waals surface area contributed by atoms with E-state index in [1.54, 1.807) is 30.3 Å². The maximum Gasteiger partial charge on any atom is 0.573 e. The molecule has 1 heterocycles. The number of aliphatic hydroxyl groups is 1. The Morgan fingerprint density at radius 3 is 2.56 bits per heavy atom. The summed E-state index contributed by atoms with van der Waals surface area (Å²) >= 11 is 0. The molecule has 0 saturated carbocycles.